The normalized spacial score (nSPS) is 19.5. The smallest absolute Gasteiger partial charge is 0.254 e. The highest BCUT2D eigenvalue weighted by molar-refractivity contribution is 5.95. The van der Waals surface area contributed by atoms with E-state index in [1.54, 1.807) is 23.2 Å². The third kappa shape index (κ3) is 2.55. The fourth-order valence-corrected chi connectivity index (χ4v) is 1.90. The van der Waals surface area contributed by atoms with Crippen molar-refractivity contribution in [1.82, 2.24) is 9.88 Å². The summed E-state index contributed by atoms with van der Waals surface area (Å²) in [5.74, 6) is 0.725. The number of carbonyl (C=O) groups is 1. The van der Waals surface area contributed by atoms with Crippen LogP contribution < -0.4 is 4.90 Å². The molecule has 5 nitrogen and oxygen atoms in total. The van der Waals surface area contributed by atoms with Gasteiger partial charge in [0, 0.05) is 38.9 Å². The molecular formula is C12H17N3O2. The maximum Gasteiger partial charge on any atom is 0.254 e. The standard InChI is InChI=1S/C12H17N3O2/c1-14(2)11-7-9(3-5-13-11)12(17)15-6-4-10(16)8-15/h3,5,7,10,16H,4,6,8H2,1-2H3/t10-/m1/s1. The monoisotopic (exact) mass is 235 g/mol. The molecule has 5 heteroatoms. The number of β-amino-alcohol motifs (C(OH)–C–C–N with tert-alkyl or cyclic N) is 1. The number of likely N-dealkylation sites (tertiary alicyclic amines) is 1. The Balaban J connectivity index is 2.16. The van der Waals surface area contributed by atoms with Crippen molar-refractivity contribution in [3.8, 4) is 0 Å². The zero-order valence-electron chi connectivity index (χ0n) is 10.1. The maximum absolute atomic E-state index is 12.1. The van der Waals surface area contributed by atoms with Crippen LogP contribution in [0.5, 0.6) is 0 Å². The molecule has 92 valence electrons. The van der Waals surface area contributed by atoms with Gasteiger partial charge >= 0.3 is 0 Å². The lowest BCUT2D eigenvalue weighted by Gasteiger charge is -2.17. The van der Waals surface area contributed by atoms with Crippen molar-refractivity contribution in [1.29, 1.82) is 0 Å². The van der Waals surface area contributed by atoms with Crippen molar-refractivity contribution in [3.05, 3.63) is 23.9 Å². The summed E-state index contributed by atoms with van der Waals surface area (Å²) in [4.78, 5) is 19.8. The number of anilines is 1. The lowest BCUT2D eigenvalue weighted by Crippen LogP contribution is -2.29. The second-order valence-corrected chi connectivity index (χ2v) is 4.49. The number of aliphatic hydroxyl groups is 1. The van der Waals surface area contributed by atoms with Gasteiger partial charge in [-0.05, 0) is 18.6 Å². The molecule has 0 bridgehead atoms. The van der Waals surface area contributed by atoms with E-state index >= 15 is 0 Å². The third-order valence-electron chi connectivity index (χ3n) is 2.90. The van der Waals surface area contributed by atoms with Gasteiger partial charge in [-0.15, -0.1) is 0 Å². The zero-order valence-corrected chi connectivity index (χ0v) is 10.1. The van der Waals surface area contributed by atoms with Crippen molar-refractivity contribution in [2.24, 2.45) is 0 Å². The van der Waals surface area contributed by atoms with Crippen LogP contribution in [0, 0.1) is 0 Å². The first-order valence-corrected chi connectivity index (χ1v) is 5.68. The summed E-state index contributed by atoms with van der Waals surface area (Å²) in [6.45, 7) is 1.05. The summed E-state index contributed by atoms with van der Waals surface area (Å²) in [7, 11) is 3.77. The van der Waals surface area contributed by atoms with Gasteiger partial charge in [-0.1, -0.05) is 0 Å². The van der Waals surface area contributed by atoms with Crippen molar-refractivity contribution in [2.75, 3.05) is 32.1 Å². The van der Waals surface area contributed by atoms with Crippen LogP contribution in [0.4, 0.5) is 5.82 Å². The van der Waals surface area contributed by atoms with Gasteiger partial charge in [-0.3, -0.25) is 4.79 Å². The number of aromatic nitrogens is 1. The average molecular weight is 235 g/mol. The van der Waals surface area contributed by atoms with E-state index in [1.165, 1.54) is 0 Å². The Morgan fingerprint density at radius 3 is 2.94 bits per heavy atom. The topological polar surface area (TPSA) is 56.7 Å². The minimum atomic E-state index is -0.380. The molecule has 1 atom stereocenters. The molecule has 0 aliphatic carbocycles. The maximum atomic E-state index is 12.1. The van der Waals surface area contributed by atoms with Crippen LogP contribution in [0.3, 0.4) is 0 Å². The summed E-state index contributed by atoms with van der Waals surface area (Å²) in [6, 6.07) is 3.48. The molecule has 0 spiro atoms. The number of aliphatic hydroxyl groups excluding tert-OH is 1. The van der Waals surface area contributed by atoms with E-state index in [9.17, 15) is 9.90 Å². The fourth-order valence-electron chi connectivity index (χ4n) is 1.90. The van der Waals surface area contributed by atoms with E-state index in [0.29, 0.717) is 25.1 Å². The Hall–Kier alpha value is -1.62. The second kappa shape index (κ2) is 4.71. The van der Waals surface area contributed by atoms with E-state index < -0.39 is 0 Å². The highest BCUT2D eigenvalue weighted by Crippen LogP contribution is 2.16. The Labute approximate surface area is 101 Å². The van der Waals surface area contributed by atoms with E-state index in [-0.39, 0.29) is 12.0 Å². The highest BCUT2D eigenvalue weighted by atomic mass is 16.3. The molecule has 1 aromatic heterocycles. The minimum absolute atomic E-state index is 0.0351. The number of hydrogen-bond acceptors (Lipinski definition) is 4. The van der Waals surface area contributed by atoms with E-state index in [4.69, 9.17) is 0 Å². The molecular weight excluding hydrogens is 218 g/mol. The number of amides is 1. The highest BCUT2D eigenvalue weighted by Gasteiger charge is 2.25. The fraction of sp³-hybridized carbons (Fsp3) is 0.500. The molecule has 1 aliphatic rings. The molecule has 17 heavy (non-hydrogen) atoms. The molecule has 0 aromatic carbocycles. The van der Waals surface area contributed by atoms with Gasteiger partial charge in [0.25, 0.3) is 5.91 Å². The largest absolute Gasteiger partial charge is 0.391 e. The Morgan fingerprint density at radius 1 is 1.59 bits per heavy atom. The van der Waals surface area contributed by atoms with Gasteiger partial charge in [0.05, 0.1) is 6.10 Å². The molecule has 0 unspecified atom stereocenters. The van der Waals surface area contributed by atoms with Crippen LogP contribution >= 0.6 is 0 Å². The summed E-state index contributed by atoms with van der Waals surface area (Å²) in [5, 5.41) is 9.42. The third-order valence-corrected chi connectivity index (χ3v) is 2.90. The van der Waals surface area contributed by atoms with Crippen molar-refractivity contribution >= 4 is 11.7 Å². The summed E-state index contributed by atoms with van der Waals surface area (Å²) >= 11 is 0. The molecule has 0 saturated carbocycles. The molecule has 1 N–H and O–H groups in total. The summed E-state index contributed by atoms with van der Waals surface area (Å²) < 4.78 is 0. The quantitative estimate of drug-likeness (QED) is 0.804. The lowest BCUT2D eigenvalue weighted by atomic mass is 10.2. The zero-order chi connectivity index (χ0) is 12.4. The van der Waals surface area contributed by atoms with E-state index in [1.807, 2.05) is 19.0 Å². The van der Waals surface area contributed by atoms with Crippen LogP contribution in [-0.4, -0.2) is 54.2 Å². The van der Waals surface area contributed by atoms with Crippen LogP contribution in [0.15, 0.2) is 18.3 Å². The number of nitrogens with zero attached hydrogens (tertiary/aromatic N) is 3. The molecule has 1 aliphatic heterocycles. The Morgan fingerprint density at radius 2 is 2.35 bits per heavy atom. The molecule has 1 saturated heterocycles. The molecule has 1 amide bonds. The van der Waals surface area contributed by atoms with Gasteiger partial charge in [-0.2, -0.15) is 0 Å². The first kappa shape index (κ1) is 11.9. The Bertz CT molecular complexity index is 420. The predicted molar refractivity (Wildman–Crippen MR) is 65.1 cm³/mol. The second-order valence-electron chi connectivity index (χ2n) is 4.49. The number of carbonyl (C=O) groups excluding carboxylic acids is 1. The van der Waals surface area contributed by atoms with Gasteiger partial charge in [0.15, 0.2) is 0 Å². The minimum Gasteiger partial charge on any atom is -0.391 e. The van der Waals surface area contributed by atoms with Crippen LogP contribution in [-0.2, 0) is 0 Å². The summed E-state index contributed by atoms with van der Waals surface area (Å²) in [6.07, 6.45) is 1.92. The SMILES string of the molecule is CN(C)c1cc(C(=O)N2CC[C@@H](O)C2)ccn1. The van der Waals surface area contributed by atoms with Gasteiger partial charge in [0.2, 0.25) is 0 Å². The van der Waals surface area contributed by atoms with Crippen molar-refractivity contribution in [2.45, 2.75) is 12.5 Å². The predicted octanol–water partition coefficient (Wildman–Crippen LogP) is 0.354. The lowest BCUT2D eigenvalue weighted by molar-refractivity contribution is 0.0765. The summed E-state index contributed by atoms with van der Waals surface area (Å²) in [5.41, 5.74) is 0.623. The first-order chi connectivity index (χ1) is 8.08. The Kier molecular flexibility index (Phi) is 3.28. The molecule has 2 heterocycles. The molecule has 2 rings (SSSR count). The number of hydrogen-bond donors (Lipinski definition) is 1. The number of pyridine rings is 1. The van der Waals surface area contributed by atoms with Crippen molar-refractivity contribution in [3.63, 3.8) is 0 Å². The van der Waals surface area contributed by atoms with Gasteiger partial charge in [-0.25, -0.2) is 4.98 Å². The molecule has 1 aromatic rings. The molecule has 0 radical (unpaired) electrons. The first-order valence-electron chi connectivity index (χ1n) is 5.68. The number of rotatable bonds is 2. The van der Waals surface area contributed by atoms with Crippen molar-refractivity contribution < 1.29 is 9.90 Å². The van der Waals surface area contributed by atoms with E-state index in [0.717, 1.165) is 5.82 Å². The molecule has 1 fully saturated rings. The van der Waals surface area contributed by atoms with E-state index in [2.05, 4.69) is 4.98 Å². The van der Waals surface area contributed by atoms with Crippen LogP contribution in [0.1, 0.15) is 16.8 Å². The van der Waals surface area contributed by atoms with Crippen LogP contribution in [0.2, 0.25) is 0 Å². The van der Waals surface area contributed by atoms with Gasteiger partial charge < -0.3 is 14.9 Å². The van der Waals surface area contributed by atoms with Gasteiger partial charge in [0.1, 0.15) is 5.82 Å². The average Bonchev–Trinajstić information content (AvgIpc) is 2.75. The van der Waals surface area contributed by atoms with Crippen LogP contribution in [0.25, 0.3) is 0 Å².